The second-order valence-corrected chi connectivity index (χ2v) is 7.31. The minimum atomic E-state index is 0.851. The predicted molar refractivity (Wildman–Crippen MR) is 90.7 cm³/mol. The van der Waals surface area contributed by atoms with Crippen LogP contribution in [0, 0.1) is 0 Å². The number of benzene rings is 1. The van der Waals surface area contributed by atoms with Gasteiger partial charge in [-0.05, 0) is 36.4 Å². The van der Waals surface area contributed by atoms with Crippen LogP contribution in [0.3, 0.4) is 0 Å². The van der Waals surface area contributed by atoms with Crippen LogP contribution < -0.4 is 5.32 Å². The summed E-state index contributed by atoms with van der Waals surface area (Å²) in [4.78, 5) is 1.27. The van der Waals surface area contributed by atoms with E-state index in [0.717, 1.165) is 28.4 Å². The summed E-state index contributed by atoms with van der Waals surface area (Å²) in [6, 6.07) is 12.5. The molecule has 1 N–H and O–H groups in total. The van der Waals surface area contributed by atoms with Gasteiger partial charge in [-0.1, -0.05) is 27.5 Å². The van der Waals surface area contributed by atoms with Crippen LogP contribution in [0.4, 0.5) is 0 Å². The molecule has 0 aliphatic rings. The molecule has 104 valence electrons. The molecule has 0 atom stereocenters. The van der Waals surface area contributed by atoms with E-state index in [4.69, 9.17) is 11.6 Å². The maximum Gasteiger partial charge on any atom is 0.0931 e. The third-order valence-corrected chi connectivity index (χ3v) is 4.92. The minimum Gasteiger partial charge on any atom is -0.346 e. The van der Waals surface area contributed by atoms with Gasteiger partial charge < -0.3 is 9.88 Å². The highest BCUT2D eigenvalue weighted by Gasteiger charge is 2.02. The van der Waals surface area contributed by atoms with E-state index in [-0.39, 0.29) is 0 Å². The molecule has 0 saturated carbocycles. The fourth-order valence-corrected chi connectivity index (χ4v) is 3.66. The molecule has 0 unspecified atom stereocenters. The molecule has 0 bridgehead atoms. The van der Waals surface area contributed by atoms with Crippen molar-refractivity contribution >= 4 is 49.8 Å². The van der Waals surface area contributed by atoms with Crippen molar-refractivity contribution in [3.05, 3.63) is 56.3 Å². The van der Waals surface area contributed by atoms with Crippen LogP contribution in [0.5, 0.6) is 0 Å². The Morgan fingerprint density at radius 1 is 1.20 bits per heavy atom. The maximum absolute atomic E-state index is 5.92. The van der Waals surface area contributed by atoms with Crippen molar-refractivity contribution in [2.75, 3.05) is 6.54 Å². The van der Waals surface area contributed by atoms with Gasteiger partial charge in [-0.2, -0.15) is 0 Å². The first-order valence-electron chi connectivity index (χ1n) is 6.42. The van der Waals surface area contributed by atoms with Crippen molar-refractivity contribution in [2.24, 2.45) is 0 Å². The molecular weight excluding hydrogens is 356 g/mol. The van der Waals surface area contributed by atoms with Gasteiger partial charge in [0.2, 0.25) is 0 Å². The Bertz CT molecular complexity index is 720. The van der Waals surface area contributed by atoms with E-state index in [1.54, 1.807) is 11.3 Å². The molecule has 0 fully saturated rings. The summed E-state index contributed by atoms with van der Waals surface area (Å²) in [6.45, 7) is 2.78. The van der Waals surface area contributed by atoms with E-state index in [9.17, 15) is 0 Å². The van der Waals surface area contributed by atoms with Crippen molar-refractivity contribution < 1.29 is 0 Å². The van der Waals surface area contributed by atoms with Gasteiger partial charge in [0.1, 0.15) is 0 Å². The molecular formula is C15H14BrClN2S. The summed E-state index contributed by atoms with van der Waals surface area (Å²) < 4.78 is 4.25. The Morgan fingerprint density at radius 3 is 2.90 bits per heavy atom. The van der Waals surface area contributed by atoms with Gasteiger partial charge in [-0.25, -0.2) is 0 Å². The average Bonchev–Trinajstić information content (AvgIpc) is 3.01. The molecule has 2 heterocycles. The van der Waals surface area contributed by atoms with Gasteiger partial charge in [0.05, 0.1) is 4.34 Å². The van der Waals surface area contributed by atoms with Crippen LogP contribution in [0.1, 0.15) is 4.88 Å². The SMILES string of the molecule is Clc1ccc(CNCCn2ccc3cc(Br)ccc32)s1. The lowest BCUT2D eigenvalue weighted by atomic mass is 10.2. The summed E-state index contributed by atoms with van der Waals surface area (Å²) in [5, 5.41) is 4.72. The number of hydrogen-bond donors (Lipinski definition) is 1. The molecule has 1 aromatic carbocycles. The number of fused-ring (bicyclic) bond motifs is 1. The third-order valence-electron chi connectivity index (χ3n) is 3.19. The monoisotopic (exact) mass is 368 g/mol. The number of aromatic nitrogens is 1. The zero-order valence-electron chi connectivity index (χ0n) is 10.8. The smallest absolute Gasteiger partial charge is 0.0931 e. The van der Waals surface area contributed by atoms with E-state index < -0.39 is 0 Å². The average molecular weight is 370 g/mol. The number of halogens is 2. The minimum absolute atomic E-state index is 0.851. The predicted octanol–water partition coefficient (Wildman–Crippen LogP) is 4.91. The molecule has 0 saturated heterocycles. The molecule has 3 aromatic rings. The molecule has 2 nitrogen and oxygen atoms in total. The molecule has 2 aromatic heterocycles. The topological polar surface area (TPSA) is 17.0 Å². The largest absolute Gasteiger partial charge is 0.346 e. The van der Waals surface area contributed by atoms with Crippen LogP contribution in [-0.4, -0.2) is 11.1 Å². The summed E-state index contributed by atoms with van der Waals surface area (Å²) in [5.41, 5.74) is 1.27. The van der Waals surface area contributed by atoms with E-state index in [1.165, 1.54) is 15.8 Å². The van der Waals surface area contributed by atoms with E-state index in [0.29, 0.717) is 0 Å². The number of nitrogens with zero attached hydrogens (tertiary/aromatic N) is 1. The Morgan fingerprint density at radius 2 is 2.10 bits per heavy atom. The van der Waals surface area contributed by atoms with Crippen LogP contribution in [0.15, 0.2) is 47.1 Å². The molecule has 0 aliphatic heterocycles. The van der Waals surface area contributed by atoms with E-state index in [1.807, 2.05) is 6.07 Å². The molecule has 3 rings (SSSR count). The highest BCUT2D eigenvalue weighted by Crippen LogP contribution is 2.22. The summed E-state index contributed by atoms with van der Waals surface area (Å²) >= 11 is 11.0. The Labute approximate surface area is 135 Å². The fraction of sp³-hybridized carbons (Fsp3) is 0.200. The fourth-order valence-electron chi connectivity index (χ4n) is 2.22. The molecule has 0 amide bonds. The number of thiophene rings is 1. The molecule has 0 aliphatic carbocycles. The number of hydrogen-bond acceptors (Lipinski definition) is 2. The Hall–Kier alpha value is -0.810. The second-order valence-electron chi connectivity index (χ2n) is 4.59. The van der Waals surface area contributed by atoms with Gasteiger partial charge in [-0.15, -0.1) is 11.3 Å². The summed E-state index contributed by atoms with van der Waals surface area (Å²) in [6.07, 6.45) is 2.14. The Balaban J connectivity index is 1.57. The Kier molecular flexibility index (Phi) is 4.46. The molecule has 5 heteroatoms. The van der Waals surface area contributed by atoms with Crippen LogP contribution >= 0.6 is 38.9 Å². The van der Waals surface area contributed by atoms with Crippen molar-refractivity contribution in [1.29, 1.82) is 0 Å². The lowest BCUT2D eigenvalue weighted by molar-refractivity contribution is 0.613. The molecule has 0 spiro atoms. The first-order chi connectivity index (χ1) is 9.72. The van der Waals surface area contributed by atoms with Crippen molar-refractivity contribution in [3.8, 4) is 0 Å². The van der Waals surface area contributed by atoms with Gasteiger partial charge in [0.25, 0.3) is 0 Å². The van der Waals surface area contributed by atoms with Crippen molar-refractivity contribution in [2.45, 2.75) is 13.1 Å². The quantitative estimate of drug-likeness (QED) is 0.632. The lowest BCUT2D eigenvalue weighted by Gasteiger charge is -2.06. The standard InChI is InChI=1S/C15H14BrClN2S/c16-12-1-3-14-11(9-12)5-7-19(14)8-6-18-10-13-2-4-15(17)20-13/h1-5,7,9,18H,6,8,10H2. The van der Waals surface area contributed by atoms with Gasteiger partial charge in [0, 0.05) is 46.1 Å². The summed E-state index contributed by atoms with van der Waals surface area (Å²) in [7, 11) is 0. The van der Waals surface area contributed by atoms with Crippen molar-refractivity contribution in [1.82, 2.24) is 9.88 Å². The van der Waals surface area contributed by atoms with Crippen LogP contribution in [-0.2, 0) is 13.1 Å². The zero-order chi connectivity index (χ0) is 13.9. The second kappa shape index (κ2) is 6.31. The molecule has 20 heavy (non-hydrogen) atoms. The van der Waals surface area contributed by atoms with Gasteiger partial charge >= 0.3 is 0 Å². The first-order valence-corrected chi connectivity index (χ1v) is 8.40. The van der Waals surface area contributed by atoms with Crippen LogP contribution in [0.2, 0.25) is 4.34 Å². The van der Waals surface area contributed by atoms with E-state index >= 15 is 0 Å². The van der Waals surface area contributed by atoms with Gasteiger partial charge in [-0.3, -0.25) is 0 Å². The normalized spacial score (nSPS) is 11.3. The number of nitrogens with one attached hydrogen (secondary N) is 1. The lowest BCUT2D eigenvalue weighted by Crippen LogP contribution is -2.18. The summed E-state index contributed by atoms with van der Waals surface area (Å²) in [5.74, 6) is 0. The van der Waals surface area contributed by atoms with E-state index in [2.05, 4.69) is 62.3 Å². The highest BCUT2D eigenvalue weighted by molar-refractivity contribution is 9.10. The van der Waals surface area contributed by atoms with Crippen molar-refractivity contribution in [3.63, 3.8) is 0 Å². The third kappa shape index (κ3) is 3.26. The number of rotatable bonds is 5. The first kappa shape index (κ1) is 14.1. The van der Waals surface area contributed by atoms with Gasteiger partial charge in [0.15, 0.2) is 0 Å². The van der Waals surface area contributed by atoms with Crippen LogP contribution in [0.25, 0.3) is 10.9 Å². The maximum atomic E-state index is 5.92. The highest BCUT2D eigenvalue weighted by atomic mass is 79.9. The molecule has 0 radical (unpaired) electrons. The zero-order valence-corrected chi connectivity index (χ0v) is 13.9.